The smallest absolute Gasteiger partial charge is 0.340 e. The number of para-hydroxylation sites is 1. The van der Waals surface area contributed by atoms with Crippen LogP contribution >= 0.6 is 0 Å². The Kier molecular flexibility index (Phi) is 5.59. The van der Waals surface area contributed by atoms with Crippen LogP contribution in [0.2, 0.25) is 0 Å². The minimum absolute atomic E-state index is 0.0469. The first kappa shape index (κ1) is 19.0. The first-order chi connectivity index (χ1) is 13.5. The molecule has 1 aromatic carbocycles. The first-order valence-electron chi connectivity index (χ1n) is 8.51. The van der Waals surface area contributed by atoms with Crippen molar-refractivity contribution in [1.82, 2.24) is 15.4 Å². The quantitative estimate of drug-likeness (QED) is 0.522. The fraction of sp³-hybridized carbons (Fsp3) is 0.150. The molecule has 0 radical (unpaired) electrons. The van der Waals surface area contributed by atoms with Crippen LogP contribution in [0.25, 0.3) is 5.69 Å². The zero-order chi connectivity index (χ0) is 20.1. The zero-order valence-electron chi connectivity index (χ0n) is 15.4. The highest BCUT2D eigenvalue weighted by molar-refractivity contribution is 5.94. The molecule has 0 unspecified atom stereocenters. The Balaban J connectivity index is 1.58. The maximum atomic E-state index is 12.4. The Morgan fingerprint density at radius 1 is 1.04 bits per heavy atom. The van der Waals surface area contributed by atoms with Gasteiger partial charge in [-0.05, 0) is 44.2 Å². The lowest BCUT2D eigenvalue weighted by molar-refractivity contribution is -0.125. The molecular weight excluding hydrogens is 362 g/mol. The van der Waals surface area contributed by atoms with Gasteiger partial charge < -0.3 is 13.7 Å². The molecule has 8 nitrogen and oxygen atoms in total. The minimum atomic E-state index is -0.676. The Labute approximate surface area is 161 Å². The maximum absolute atomic E-state index is 12.4. The summed E-state index contributed by atoms with van der Waals surface area (Å²) in [5, 5.41) is 0. The van der Waals surface area contributed by atoms with Gasteiger partial charge in [-0.2, -0.15) is 0 Å². The molecule has 0 aliphatic rings. The number of amides is 2. The summed E-state index contributed by atoms with van der Waals surface area (Å²) >= 11 is 0. The second kappa shape index (κ2) is 8.26. The molecule has 0 atom stereocenters. The van der Waals surface area contributed by atoms with Crippen molar-refractivity contribution in [2.24, 2.45) is 0 Å². The normalized spacial score (nSPS) is 10.4. The number of hydrogen-bond donors (Lipinski definition) is 2. The van der Waals surface area contributed by atoms with E-state index >= 15 is 0 Å². The molecule has 3 rings (SSSR count). The molecule has 2 aromatic heterocycles. The summed E-state index contributed by atoms with van der Waals surface area (Å²) in [4.78, 5) is 35.8. The zero-order valence-corrected chi connectivity index (χ0v) is 15.4. The molecule has 2 N–H and O–H groups in total. The van der Waals surface area contributed by atoms with Crippen LogP contribution in [-0.4, -0.2) is 29.0 Å². The van der Waals surface area contributed by atoms with Gasteiger partial charge in [0.05, 0.1) is 11.8 Å². The average molecular weight is 381 g/mol. The number of esters is 1. The van der Waals surface area contributed by atoms with Gasteiger partial charge in [0.2, 0.25) is 0 Å². The summed E-state index contributed by atoms with van der Waals surface area (Å²) in [6, 6.07) is 14.3. The van der Waals surface area contributed by atoms with Gasteiger partial charge in [-0.25, -0.2) is 4.79 Å². The molecule has 0 saturated heterocycles. The molecule has 2 amide bonds. The van der Waals surface area contributed by atoms with Crippen LogP contribution < -0.4 is 10.9 Å². The topological polar surface area (TPSA) is 103 Å². The minimum Gasteiger partial charge on any atom is -0.459 e. The number of rotatable bonds is 5. The number of carbonyl (C=O) groups excluding carboxylic acids is 3. The molecule has 0 spiro atoms. The monoisotopic (exact) mass is 381 g/mol. The molecule has 144 valence electrons. The predicted molar refractivity (Wildman–Crippen MR) is 99.8 cm³/mol. The van der Waals surface area contributed by atoms with E-state index in [0.29, 0.717) is 11.3 Å². The van der Waals surface area contributed by atoms with Crippen molar-refractivity contribution in [1.29, 1.82) is 0 Å². The first-order valence-corrected chi connectivity index (χ1v) is 8.51. The van der Waals surface area contributed by atoms with Gasteiger partial charge in [0.15, 0.2) is 12.4 Å². The number of nitrogens with one attached hydrogen (secondary N) is 2. The number of aryl methyl sites for hydroxylation is 1. The van der Waals surface area contributed by atoms with E-state index in [1.807, 2.05) is 41.8 Å². The van der Waals surface area contributed by atoms with Crippen molar-refractivity contribution in [3.8, 4) is 5.69 Å². The van der Waals surface area contributed by atoms with E-state index in [0.717, 1.165) is 11.4 Å². The molecule has 0 fully saturated rings. The lowest BCUT2D eigenvalue weighted by atomic mass is 10.2. The highest BCUT2D eigenvalue weighted by atomic mass is 16.5. The average Bonchev–Trinajstić information content (AvgIpc) is 3.33. The second-order valence-electron chi connectivity index (χ2n) is 6.01. The Morgan fingerprint density at radius 2 is 1.79 bits per heavy atom. The summed E-state index contributed by atoms with van der Waals surface area (Å²) in [7, 11) is 0. The maximum Gasteiger partial charge on any atom is 0.340 e. The van der Waals surface area contributed by atoms with Crippen LogP contribution in [0.4, 0.5) is 0 Å². The van der Waals surface area contributed by atoms with Crippen molar-refractivity contribution in [3.63, 3.8) is 0 Å². The lowest BCUT2D eigenvalue weighted by Crippen LogP contribution is -2.43. The molecule has 0 aliphatic carbocycles. The molecular formula is C20H19N3O5. The lowest BCUT2D eigenvalue weighted by Gasteiger charge is -2.10. The molecule has 28 heavy (non-hydrogen) atoms. The number of carbonyl (C=O) groups is 3. The summed E-state index contributed by atoms with van der Waals surface area (Å²) in [6.07, 6.45) is 1.34. The summed E-state index contributed by atoms with van der Waals surface area (Å²) in [6.45, 7) is 3.15. The Morgan fingerprint density at radius 3 is 2.46 bits per heavy atom. The second-order valence-corrected chi connectivity index (χ2v) is 6.01. The van der Waals surface area contributed by atoms with Gasteiger partial charge in [0, 0.05) is 17.1 Å². The SMILES string of the molecule is Cc1cc(C(=O)OCC(=O)NNC(=O)c2ccco2)c(C)n1-c1ccccc1. The number of aromatic nitrogens is 1. The fourth-order valence-corrected chi connectivity index (χ4v) is 2.78. The molecule has 0 aliphatic heterocycles. The van der Waals surface area contributed by atoms with Crippen molar-refractivity contribution in [2.75, 3.05) is 6.61 Å². The van der Waals surface area contributed by atoms with Crippen LogP contribution in [0.15, 0.2) is 59.2 Å². The molecule has 0 saturated carbocycles. The van der Waals surface area contributed by atoms with Gasteiger partial charge >= 0.3 is 11.9 Å². The van der Waals surface area contributed by atoms with E-state index < -0.39 is 24.4 Å². The van der Waals surface area contributed by atoms with E-state index in [2.05, 4.69) is 10.9 Å². The van der Waals surface area contributed by atoms with Crippen LogP contribution in [0.3, 0.4) is 0 Å². The molecule has 2 heterocycles. The Bertz CT molecular complexity index is 991. The van der Waals surface area contributed by atoms with Gasteiger partial charge in [0.1, 0.15) is 0 Å². The third-order valence-electron chi connectivity index (χ3n) is 4.06. The number of hydrogen-bond acceptors (Lipinski definition) is 5. The highest BCUT2D eigenvalue weighted by Crippen LogP contribution is 2.21. The molecule has 3 aromatic rings. The third-order valence-corrected chi connectivity index (χ3v) is 4.06. The van der Waals surface area contributed by atoms with Crippen LogP contribution in [0.5, 0.6) is 0 Å². The van der Waals surface area contributed by atoms with Gasteiger partial charge in [-0.15, -0.1) is 0 Å². The van der Waals surface area contributed by atoms with Crippen LogP contribution in [0, 0.1) is 13.8 Å². The van der Waals surface area contributed by atoms with Gasteiger partial charge in [-0.3, -0.25) is 20.4 Å². The van der Waals surface area contributed by atoms with Crippen LogP contribution in [0.1, 0.15) is 32.3 Å². The molecule has 8 heteroatoms. The van der Waals surface area contributed by atoms with E-state index in [-0.39, 0.29) is 5.76 Å². The van der Waals surface area contributed by atoms with Crippen LogP contribution in [-0.2, 0) is 9.53 Å². The van der Waals surface area contributed by atoms with Gasteiger partial charge in [0.25, 0.3) is 5.91 Å². The number of ether oxygens (including phenoxy) is 1. The largest absolute Gasteiger partial charge is 0.459 e. The van der Waals surface area contributed by atoms with E-state index in [9.17, 15) is 14.4 Å². The molecule has 0 bridgehead atoms. The van der Waals surface area contributed by atoms with Crippen molar-refractivity contribution in [3.05, 3.63) is 77.5 Å². The fourth-order valence-electron chi connectivity index (χ4n) is 2.78. The predicted octanol–water partition coefficient (Wildman–Crippen LogP) is 2.31. The summed E-state index contributed by atoms with van der Waals surface area (Å²) < 4.78 is 11.9. The number of hydrazine groups is 1. The van der Waals surface area contributed by atoms with E-state index in [1.165, 1.54) is 12.3 Å². The van der Waals surface area contributed by atoms with Crippen molar-refractivity contribution >= 4 is 17.8 Å². The van der Waals surface area contributed by atoms with Crippen molar-refractivity contribution < 1.29 is 23.5 Å². The number of benzene rings is 1. The third kappa shape index (κ3) is 4.12. The number of nitrogens with zero attached hydrogens (tertiary/aromatic N) is 1. The Hall–Kier alpha value is -3.81. The summed E-state index contributed by atoms with van der Waals surface area (Å²) in [5.41, 5.74) is 7.19. The standard InChI is InChI=1S/C20H19N3O5/c1-13-11-16(14(2)23(13)15-7-4-3-5-8-15)20(26)28-12-18(24)21-22-19(25)17-9-6-10-27-17/h3-11H,12H2,1-2H3,(H,21,24)(H,22,25). The highest BCUT2D eigenvalue weighted by Gasteiger charge is 2.19. The van der Waals surface area contributed by atoms with Gasteiger partial charge in [-0.1, -0.05) is 18.2 Å². The number of furan rings is 1. The summed E-state index contributed by atoms with van der Waals surface area (Å²) in [5.74, 6) is -1.87. The van der Waals surface area contributed by atoms with E-state index in [1.54, 1.807) is 19.1 Å². The van der Waals surface area contributed by atoms with E-state index in [4.69, 9.17) is 9.15 Å². The van der Waals surface area contributed by atoms with Crippen molar-refractivity contribution in [2.45, 2.75) is 13.8 Å².